The Morgan fingerprint density at radius 2 is 1.60 bits per heavy atom. The molecule has 0 bridgehead atoms. The Bertz CT molecular complexity index is 414. The number of alkyl halides is 3. The van der Waals surface area contributed by atoms with Crippen molar-refractivity contribution >= 4 is 12.0 Å². The molecule has 1 aliphatic heterocycles. The average Bonchev–Trinajstić information content (AvgIpc) is 3.10. The van der Waals surface area contributed by atoms with Gasteiger partial charge < -0.3 is 20.5 Å². The molecule has 1 saturated heterocycles. The summed E-state index contributed by atoms with van der Waals surface area (Å²) in [5, 5.41) is 13.2. The lowest BCUT2D eigenvalue weighted by Crippen LogP contribution is -2.62. The molecule has 0 radical (unpaired) electrons. The molecule has 0 spiro atoms. The molecule has 2 rings (SSSR count). The fraction of sp³-hybridized carbons (Fsp3) is 0.818. The van der Waals surface area contributed by atoms with Gasteiger partial charge in [0.05, 0.1) is 0 Å². The monoisotopic (exact) mass is 296 g/mol. The third-order valence-corrected chi connectivity index (χ3v) is 3.75. The van der Waals surface area contributed by atoms with Crippen LogP contribution in [0.2, 0.25) is 0 Å². The molecule has 1 saturated carbocycles. The zero-order valence-electron chi connectivity index (χ0n) is 10.5. The molecule has 6 nitrogen and oxygen atoms in total. The van der Waals surface area contributed by atoms with E-state index in [2.05, 4.69) is 5.32 Å². The first-order valence-corrected chi connectivity index (χ1v) is 6.19. The zero-order valence-corrected chi connectivity index (χ0v) is 10.5. The number of carbonyl (C=O) groups excluding carboxylic acids is 1. The number of carboxylic acid groups (broad SMARTS) is 1. The molecule has 9 heteroatoms. The van der Waals surface area contributed by atoms with Crippen molar-refractivity contribution in [2.45, 2.75) is 42.9 Å². The molecule has 2 fully saturated rings. The molecule has 0 atom stereocenters. The van der Waals surface area contributed by atoms with Crippen molar-refractivity contribution in [2.75, 3.05) is 13.2 Å². The Morgan fingerprint density at radius 3 is 2.00 bits per heavy atom. The second kappa shape index (κ2) is 4.80. The lowest BCUT2D eigenvalue weighted by Gasteiger charge is -2.34. The lowest BCUT2D eigenvalue weighted by molar-refractivity contribution is -0.163. The summed E-state index contributed by atoms with van der Waals surface area (Å²) in [6.45, 7) is 0.272. The first-order chi connectivity index (χ1) is 9.21. The predicted molar refractivity (Wildman–Crippen MR) is 60.1 cm³/mol. The van der Waals surface area contributed by atoms with Crippen LogP contribution in [0.15, 0.2) is 0 Å². The highest BCUT2D eigenvalue weighted by Gasteiger charge is 2.64. The van der Waals surface area contributed by atoms with Crippen LogP contribution >= 0.6 is 0 Å². The number of carbonyl (C=O) groups is 2. The van der Waals surface area contributed by atoms with E-state index in [1.54, 1.807) is 0 Å². The third-order valence-electron chi connectivity index (χ3n) is 3.75. The van der Waals surface area contributed by atoms with Crippen molar-refractivity contribution < 1.29 is 32.6 Å². The van der Waals surface area contributed by atoms with Crippen molar-refractivity contribution in [2.24, 2.45) is 0 Å². The molecule has 3 N–H and O–H groups in total. The van der Waals surface area contributed by atoms with Gasteiger partial charge in [0.2, 0.25) is 0 Å². The molecular weight excluding hydrogens is 281 g/mol. The summed E-state index contributed by atoms with van der Waals surface area (Å²) in [6.07, 6.45) is -4.86. The summed E-state index contributed by atoms with van der Waals surface area (Å²) >= 11 is 0. The highest BCUT2D eigenvalue weighted by Crippen LogP contribution is 2.48. The maximum Gasteiger partial charge on any atom is 0.411 e. The van der Waals surface area contributed by atoms with E-state index in [1.165, 1.54) is 0 Å². The first-order valence-electron chi connectivity index (χ1n) is 6.19. The van der Waals surface area contributed by atoms with E-state index < -0.39 is 29.3 Å². The van der Waals surface area contributed by atoms with E-state index in [4.69, 9.17) is 4.74 Å². The average molecular weight is 296 g/mol. The molecule has 1 aliphatic carbocycles. The molecular formula is C11H15F3N2O4. The minimum atomic E-state index is -4.53. The van der Waals surface area contributed by atoms with Gasteiger partial charge in [-0.05, 0) is 12.8 Å². The van der Waals surface area contributed by atoms with Crippen molar-refractivity contribution in [3.8, 4) is 0 Å². The number of nitrogens with one attached hydrogen (secondary N) is 2. The van der Waals surface area contributed by atoms with E-state index in [1.807, 2.05) is 5.32 Å². The van der Waals surface area contributed by atoms with Gasteiger partial charge in [0.25, 0.3) is 0 Å². The normalized spacial score (nSPS) is 23.8. The van der Waals surface area contributed by atoms with Gasteiger partial charge in [0.15, 0.2) is 0 Å². The first kappa shape index (κ1) is 14.9. The van der Waals surface area contributed by atoms with Crippen LogP contribution in [0, 0.1) is 0 Å². The van der Waals surface area contributed by atoms with Gasteiger partial charge in [-0.15, -0.1) is 0 Å². The molecule has 0 aromatic carbocycles. The van der Waals surface area contributed by atoms with Crippen LogP contribution < -0.4 is 10.6 Å². The van der Waals surface area contributed by atoms with Crippen LogP contribution in [0.4, 0.5) is 18.0 Å². The predicted octanol–water partition coefficient (Wildman–Crippen LogP) is 1.01. The summed E-state index contributed by atoms with van der Waals surface area (Å²) in [4.78, 5) is 23.0. The van der Waals surface area contributed by atoms with Gasteiger partial charge in [-0.3, -0.25) is 0 Å². The third kappa shape index (κ3) is 2.67. The van der Waals surface area contributed by atoms with Crippen LogP contribution in [0.1, 0.15) is 25.7 Å². The number of hydrogen-bond donors (Lipinski definition) is 3. The fourth-order valence-corrected chi connectivity index (χ4v) is 2.18. The molecule has 1 heterocycles. The lowest BCUT2D eigenvalue weighted by atomic mass is 9.90. The number of carboxylic acids is 1. The van der Waals surface area contributed by atoms with E-state index >= 15 is 0 Å². The maximum absolute atomic E-state index is 12.7. The van der Waals surface area contributed by atoms with Gasteiger partial charge in [0, 0.05) is 26.1 Å². The summed E-state index contributed by atoms with van der Waals surface area (Å²) in [7, 11) is 0. The Morgan fingerprint density at radius 1 is 1.05 bits per heavy atom. The minimum Gasteiger partial charge on any atom is -0.480 e. The number of hydrogen-bond acceptors (Lipinski definition) is 3. The Balaban J connectivity index is 2.01. The highest BCUT2D eigenvalue weighted by molar-refractivity contribution is 5.86. The molecule has 2 amide bonds. The number of amides is 2. The number of ether oxygens (including phenoxy) is 1. The van der Waals surface area contributed by atoms with Crippen LogP contribution in [0.3, 0.4) is 0 Å². The molecule has 0 aromatic rings. The van der Waals surface area contributed by atoms with Gasteiger partial charge in [-0.1, -0.05) is 0 Å². The van der Waals surface area contributed by atoms with E-state index in [0.29, 0.717) is 0 Å². The molecule has 114 valence electrons. The second-order valence-corrected chi connectivity index (χ2v) is 5.16. The number of halogens is 3. The van der Waals surface area contributed by atoms with Gasteiger partial charge >= 0.3 is 18.2 Å². The number of rotatable bonds is 3. The Labute approximate surface area is 112 Å². The van der Waals surface area contributed by atoms with Gasteiger partial charge in [-0.25, -0.2) is 9.59 Å². The summed E-state index contributed by atoms with van der Waals surface area (Å²) in [5.74, 6) is -1.27. The largest absolute Gasteiger partial charge is 0.480 e. The van der Waals surface area contributed by atoms with E-state index in [9.17, 15) is 27.9 Å². The standard InChI is InChI=1S/C11H15F3N2O4/c12-11(13,14)10(1-2-10)16-8(19)15-9(7(17)18)3-5-20-6-4-9/h1-6H2,(H,17,18)(H2,15,16,19). The van der Waals surface area contributed by atoms with E-state index in [0.717, 1.165) is 0 Å². The molecule has 2 aliphatic rings. The van der Waals surface area contributed by atoms with Crippen molar-refractivity contribution in [3.05, 3.63) is 0 Å². The summed E-state index contributed by atoms with van der Waals surface area (Å²) < 4.78 is 43.1. The minimum absolute atomic E-state index is 0.0226. The summed E-state index contributed by atoms with van der Waals surface area (Å²) in [5.41, 5.74) is -3.77. The van der Waals surface area contributed by atoms with Gasteiger partial charge in [-0.2, -0.15) is 13.2 Å². The van der Waals surface area contributed by atoms with Crippen molar-refractivity contribution in [3.63, 3.8) is 0 Å². The molecule has 0 unspecified atom stereocenters. The van der Waals surface area contributed by atoms with Gasteiger partial charge in [0.1, 0.15) is 11.1 Å². The topological polar surface area (TPSA) is 87.7 Å². The maximum atomic E-state index is 12.7. The van der Waals surface area contributed by atoms with Crippen molar-refractivity contribution in [1.82, 2.24) is 10.6 Å². The van der Waals surface area contributed by atoms with E-state index in [-0.39, 0.29) is 38.9 Å². The Kier molecular flexibility index (Phi) is 3.57. The Hall–Kier alpha value is -1.51. The fourth-order valence-electron chi connectivity index (χ4n) is 2.18. The zero-order chi connectivity index (χ0) is 15.0. The number of aliphatic carboxylic acids is 1. The van der Waals surface area contributed by atoms with Crippen molar-refractivity contribution in [1.29, 1.82) is 0 Å². The second-order valence-electron chi connectivity index (χ2n) is 5.16. The highest BCUT2D eigenvalue weighted by atomic mass is 19.4. The summed E-state index contributed by atoms with van der Waals surface area (Å²) in [6, 6.07) is -1.11. The smallest absolute Gasteiger partial charge is 0.411 e. The van der Waals surface area contributed by atoms with Crippen LogP contribution in [-0.2, 0) is 9.53 Å². The van der Waals surface area contributed by atoms with Crippen LogP contribution in [0.5, 0.6) is 0 Å². The van der Waals surface area contributed by atoms with Crippen LogP contribution in [-0.4, -0.2) is 47.6 Å². The molecule has 0 aromatic heterocycles. The van der Waals surface area contributed by atoms with Crippen LogP contribution in [0.25, 0.3) is 0 Å². The SMILES string of the molecule is O=C(NC1(C(=O)O)CCOCC1)NC1(C(F)(F)F)CC1. The quantitative estimate of drug-likeness (QED) is 0.725. The number of urea groups is 1. The molecule has 20 heavy (non-hydrogen) atoms.